The molecule has 3 amide bonds. The fourth-order valence-corrected chi connectivity index (χ4v) is 5.57. The quantitative estimate of drug-likeness (QED) is 0.437. The number of nitrogens with one attached hydrogen (secondary N) is 3. The van der Waals surface area contributed by atoms with E-state index in [1.54, 1.807) is 12.1 Å². The third-order valence-electron chi connectivity index (χ3n) is 7.24. The Hall–Kier alpha value is -2.23. The summed E-state index contributed by atoms with van der Waals surface area (Å²) in [5, 5.41) is 8.91. The van der Waals surface area contributed by atoms with Gasteiger partial charge in [-0.1, -0.05) is 38.4 Å². The first kappa shape index (κ1) is 30.3. The predicted molar refractivity (Wildman–Crippen MR) is 145 cm³/mol. The van der Waals surface area contributed by atoms with E-state index < -0.39 is 17.8 Å². The Morgan fingerprint density at radius 3 is 2.45 bits per heavy atom. The molecule has 10 heteroatoms. The monoisotopic (exact) mass is 552 g/mol. The molecule has 2 fully saturated rings. The van der Waals surface area contributed by atoms with Crippen LogP contribution in [0.2, 0.25) is 5.02 Å². The van der Waals surface area contributed by atoms with E-state index in [-0.39, 0.29) is 41.6 Å². The molecule has 1 aromatic rings. The number of hydrogen-bond acceptors (Lipinski definition) is 5. The summed E-state index contributed by atoms with van der Waals surface area (Å²) in [6, 6.07) is 3.92. The molecule has 0 radical (unpaired) electrons. The van der Waals surface area contributed by atoms with Crippen molar-refractivity contribution in [1.29, 1.82) is 0 Å². The van der Waals surface area contributed by atoms with Crippen LogP contribution in [0.4, 0.5) is 4.39 Å². The lowest BCUT2D eigenvalue weighted by atomic mass is 9.87. The van der Waals surface area contributed by atoms with Gasteiger partial charge in [0, 0.05) is 62.8 Å². The maximum Gasteiger partial charge on any atom is 0.242 e. The number of likely N-dealkylation sites (tertiary alicyclic amines) is 1. The minimum Gasteiger partial charge on any atom is -0.381 e. The summed E-state index contributed by atoms with van der Waals surface area (Å²) in [5.41, 5.74) is 0.333. The zero-order valence-electron chi connectivity index (χ0n) is 23.1. The van der Waals surface area contributed by atoms with Gasteiger partial charge in [-0.25, -0.2) is 4.39 Å². The molecule has 0 spiro atoms. The van der Waals surface area contributed by atoms with Crippen LogP contribution in [-0.4, -0.2) is 73.6 Å². The largest absolute Gasteiger partial charge is 0.381 e. The Morgan fingerprint density at radius 1 is 1.16 bits per heavy atom. The van der Waals surface area contributed by atoms with Crippen LogP contribution in [0.3, 0.4) is 0 Å². The van der Waals surface area contributed by atoms with Crippen LogP contribution in [-0.2, 0) is 19.1 Å². The van der Waals surface area contributed by atoms with Crippen LogP contribution in [0.1, 0.15) is 65.4 Å². The van der Waals surface area contributed by atoms with Crippen LogP contribution >= 0.6 is 11.6 Å². The van der Waals surface area contributed by atoms with Gasteiger partial charge in [-0.15, -0.1) is 0 Å². The molecule has 2 heterocycles. The van der Waals surface area contributed by atoms with Gasteiger partial charge in [0.25, 0.3) is 0 Å². The first-order valence-electron chi connectivity index (χ1n) is 13.5. The molecule has 3 rings (SSSR count). The molecular formula is C28H42ClFN4O4. The number of benzene rings is 1. The number of carbonyl (C=O) groups excluding carboxylic acids is 3. The van der Waals surface area contributed by atoms with Crippen molar-refractivity contribution in [3.05, 3.63) is 34.6 Å². The maximum atomic E-state index is 14.9. The number of hydrogen-bond donors (Lipinski definition) is 3. The number of amides is 3. The average molecular weight is 553 g/mol. The van der Waals surface area contributed by atoms with Crippen LogP contribution in [0, 0.1) is 17.2 Å². The van der Waals surface area contributed by atoms with Crippen LogP contribution in [0.15, 0.2) is 18.2 Å². The molecule has 0 unspecified atom stereocenters. The molecule has 1 aromatic carbocycles. The lowest BCUT2D eigenvalue weighted by molar-refractivity contribution is -0.129. The number of carbonyl (C=O) groups is 3. The third-order valence-corrected chi connectivity index (χ3v) is 7.47. The number of halogens is 2. The van der Waals surface area contributed by atoms with Crippen molar-refractivity contribution in [2.24, 2.45) is 11.3 Å². The molecule has 2 saturated heterocycles. The van der Waals surface area contributed by atoms with Gasteiger partial charge in [0.15, 0.2) is 0 Å². The second-order valence-corrected chi connectivity index (χ2v) is 12.3. The maximum absolute atomic E-state index is 14.9. The molecule has 212 valence electrons. The molecule has 0 bridgehead atoms. The first-order valence-corrected chi connectivity index (χ1v) is 13.8. The molecule has 2 aliphatic rings. The van der Waals surface area contributed by atoms with Gasteiger partial charge in [0.2, 0.25) is 17.7 Å². The summed E-state index contributed by atoms with van der Waals surface area (Å²) in [6.07, 6.45) is 2.25. The zero-order valence-corrected chi connectivity index (χ0v) is 23.9. The molecule has 2 aliphatic heterocycles. The van der Waals surface area contributed by atoms with E-state index >= 15 is 0 Å². The van der Waals surface area contributed by atoms with E-state index in [0.29, 0.717) is 49.4 Å². The van der Waals surface area contributed by atoms with Gasteiger partial charge in [0.05, 0.1) is 5.92 Å². The van der Waals surface area contributed by atoms with Crippen molar-refractivity contribution in [3.8, 4) is 0 Å². The molecule has 0 aromatic heterocycles. The van der Waals surface area contributed by atoms with Crippen LogP contribution in [0.5, 0.6) is 0 Å². The summed E-state index contributed by atoms with van der Waals surface area (Å²) in [6.45, 7) is 11.9. The highest BCUT2D eigenvalue weighted by molar-refractivity contribution is 6.30. The minimum atomic E-state index is -0.657. The standard InChI is InChI=1S/C28H42ClFN4O4/c1-17(14-31-27(37)25(33-18(2)35)13-28(3,4)5)32-26(36)23-16-34(20-8-10-38-11-9-20)15-22(23)21-7-6-19(29)12-24(21)30/h6-7,12,17,20,22-23,25H,8-11,13-16H2,1-5H3,(H,31,37)(H,32,36)(H,33,35)/t17-,22-,23+,25-/m0/s1. The number of nitrogens with zero attached hydrogens (tertiary/aromatic N) is 1. The highest BCUT2D eigenvalue weighted by Gasteiger charge is 2.42. The van der Waals surface area contributed by atoms with Crippen molar-refractivity contribution in [2.45, 2.75) is 77.9 Å². The van der Waals surface area contributed by atoms with Crippen molar-refractivity contribution in [3.63, 3.8) is 0 Å². The first-order chi connectivity index (χ1) is 17.8. The van der Waals surface area contributed by atoms with E-state index in [1.165, 1.54) is 13.0 Å². The van der Waals surface area contributed by atoms with Crippen molar-refractivity contribution < 1.29 is 23.5 Å². The second kappa shape index (κ2) is 13.2. The van der Waals surface area contributed by atoms with E-state index in [0.717, 1.165) is 12.8 Å². The summed E-state index contributed by atoms with van der Waals surface area (Å²) >= 11 is 5.99. The molecule has 0 aliphatic carbocycles. The van der Waals surface area contributed by atoms with Crippen LogP contribution in [0.25, 0.3) is 0 Å². The van der Waals surface area contributed by atoms with Crippen LogP contribution < -0.4 is 16.0 Å². The fourth-order valence-electron chi connectivity index (χ4n) is 5.41. The average Bonchev–Trinajstić information content (AvgIpc) is 3.27. The molecule has 38 heavy (non-hydrogen) atoms. The summed E-state index contributed by atoms with van der Waals surface area (Å²) in [4.78, 5) is 40.2. The molecule has 4 atom stereocenters. The zero-order chi connectivity index (χ0) is 28.0. The topological polar surface area (TPSA) is 99.8 Å². The van der Waals surface area contributed by atoms with Gasteiger partial charge in [-0.05, 0) is 49.3 Å². The van der Waals surface area contributed by atoms with Gasteiger partial charge in [-0.2, -0.15) is 0 Å². The Labute approximate surface area is 230 Å². The lowest BCUT2D eigenvalue weighted by Crippen LogP contribution is -2.51. The Bertz CT molecular complexity index is 996. The Kier molecular flexibility index (Phi) is 10.5. The smallest absolute Gasteiger partial charge is 0.242 e. The van der Waals surface area contributed by atoms with E-state index in [9.17, 15) is 18.8 Å². The van der Waals surface area contributed by atoms with Crippen molar-refractivity contribution in [2.75, 3.05) is 32.8 Å². The van der Waals surface area contributed by atoms with Gasteiger partial charge >= 0.3 is 0 Å². The number of ether oxygens (including phenoxy) is 1. The second-order valence-electron chi connectivity index (χ2n) is 11.8. The summed E-state index contributed by atoms with van der Waals surface area (Å²) in [5.74, 6) is -1.89. The minimum absolute atomic E-state index is 0.158. The van der Waals surface area contributed by atoms with Gasteiger partial charge < -0.3 is 20.7 Å². The summed E-state index contributed by atoms with van der Waals surface area (Å²) in [7, 11) is 0. The third kappa shape index (κ3) is 8.64. The normalized spacial score (nSPS) is 22.5. The van der Waals surface area contributed by atoms with E-state index in [1.807, 2.05) is 27.7 Å². The summed E-state index contributed by atoms with van der Waals surface area (Å²) < 4.78 is 20.4. The van der Waals surface area contributed by atoms with Crippen molar-refractivity contribution in [1.82, 2.24) is 20.9 Å². The van der Waals surface area contributed by atoms with Crippen molar-refractivity contribution >= 4 is 29.3 Å². The van der Waals surface area contributed by atoms with Gasteiger partial charge in [0.1, 0.15) is 11.9 Å². The Morgan fingerprint density at radius 2 is 1.84 bits per heavy atom. The van der Waals surface area contributed by atoms with E-state index in [2.05, 4.69) is 20.9 Å². The lowest BCUT2D eigenvalue weighted by Gasteiger charge is -2.31. The SMILES string of the molecule is CC(=O)N[C@@H](CC(C)(C)C)C(=O)NC[C@H](C)NC(=O)[C@@H]1CN(C2CCOCC2)C[C@H]1c1ccc(Cl)cc1F. The highest BCUT2D eigenvalue weighted by atomic mass is 35.5. The predicted octanol–water partition coefficient (Wildman–Crippen LogP) is 3.24. The molecule has 0 saturated carbocycles. The highest BCUT2D eigenvalue weighted by Crippen LogP contribution is 2.37. The fraction of sp³-hybridized carbons (Fsp3) is 0.679. The molecule has 8 nitrogen and oxygen atoms in total. The van der Waals surface area contributed by atoms with Gasteiger partial charge in [-0.3, -0.25) is 19.3 Å². The van der Waals surface area contributed by atoms with E-state index in [4.69, 9.17) is 16.3 Å². The Balaban J connectivity index is 1.66. The molecular weight excluding hydrogens is 511 g/mol. The molecule has 3 N–H and O–H groups in total. The number of rotatable bonds is 9.